The number of anilines is 2. The maximum Gasteiger partial charge on any atom is 0.322 e. The van der Waals surface area contributed by atoms with Gasteiger partial charge in [0.2, 0.25) is 0 Å². The Hall–Kier alpha value is -2.69. The first-order valence-corrected chi connectivity index (χ1v) is 9.82. The second-order valence-corrected chi connectivity index (χ2v) is 7.27. The number of ether oxygens (including phenoxy) is 1. The first-order valence-electron chi connectivity index (χ1n) is 9.82. The van der Waals surface area contributed by atoms with Gasteiger partial charge in [-0.1, -0.05) is 24.3 Å². The summed E-state index contributed by atoms with van der Waals surface area (Å²) in [5, 5.41) is 3.17. The number of para-hydroxylation sites is 2. The highest BCUT2D eigenvalue weighted by atomic mass is 16.5. The number of methoxy groups -OCH3 is 1. The van der Waals surface area contributed by atoms with Gasteiger partial charge < -0.3 is 19.9 Å². The van der Waals surface area contributed by atoms with Gasteiger partial charge in [0.1, 0.15) is 5.75 Å². The van der Waals surface area contributed by atoms with Crippen LogP contribution in [0.2, 0.25) is 0 Å². The van der Waals surface area contributed by atoms with E-state index in [1.165, 1.54) is 12.8 Å². The largest absolute Gasteiger partial charge is 0.497 e. The zero-order chi connectivity index (χ0) is 18.6. The molecule has 5 heteroatoms. The van der Waals surface area contributed by atoms with Crippen LogP contribution in [-0.2, 0) is 0 Å². The molecule has 0 aliphatic carbocycles. The van der Waals surface area contributed by atoms with E-state index in [-0.39, 0.29) is 12.1 Å². The topological polar surface area (TPSA) is 44.8 Å². The minimum Gasteiger partial charge on any atom is -0.497 e. The highest BCUT2D eigenvalue weighted by Gasteiger charge is 2.30. The smallest absolute Gasteiger partial charge is 0.322 e. The molecule has 0 spiro atoms. The molecule has 2 aromatic rings. The van der Waals surface area contributed by atoms with Crippen LogP contribution in [0.25, 0.3) is 0 Å². The molecule has 2 aliphatic rings. The van der Waals surface area contributed by atoms with E-state index in [0.29, 0.717) is 0 Å². The average Bonchev–Trinajstić information content (AvgIpc) is 3.40. The third-order valence-electron chi connectivity index (χ3n) is 5.58. The van der Waals surface area contributed by atoms with Crippen LogP contribution in [0.4, 0.5) is 16.2 Å². The number of rotatable bonds is 4. The van der Waals surface area contributed by atoms with Crippen molar-refractivity contribution in [3.63, 3.8) is 0 Å². The Balaban J connectivity index is 1.52. The van der Waals surface area contributed by atoms with Crippen LogP contribution in [0, 0.1) is 0 Å². The van der Waals surface area contributed by atoms with Crippen LogP contribution in [0.3, 0.4) is 0 Å². The van der Waals surface area contributed by atoms with E-state index >= 15 is 0 Å². The van der Waals surface area contributed by atoms with Gasteiger partial charge in [-0.15, -0.1) is 0 Å². The normalized spacial score (nSPS) is 19.4. The minimum atomic E-state index is -0.0213. The molecular formula is C22H27N3O2. The van der Waals surface area contributed by atoms with Crippen molar-refractivity contribution in [1.82, 2.24) is 4.90 Å². The van der Waals surface area contributed by atoms with E-state index in [2.05, 4.69) is 22.3 Å². The van der Waals surface area contributed by atoms with Crippen LogP contribution in [0.15, 0.2) is 48.5 Å². The van der Waals surface area contributed by atoms with Gasteiger partial charge in [-0.2, -0.15) is 0 Å². The second-order valence-electron chi connectivity index (χ2n) is 7.27. The Labute approximate surface area is 160 Å². The summed E-state index contributed by atoms with van der Waals surface area (Å²) in [6, 6.07) is 16.3. The molecule has 0 bridgehead atoms. The molecule has 2 aliphatic heterocycles. The van der Waals surface area contributed by atoms with E-state index in [0.717, 1.165) is 55.2 Å². The number of amides is 2. The average molecular weight is 365 g/mol. The molecule has 27 heavy (non-hydrogen) atoms. The van der Waals surface area contributed by atoms with Gasteiger partial charge in [0.25, 0.3) is 0 Å². The second kappa shape index (κ2) is 7.91. The van der Waals surface area contributed by atoms with Crippen LogP contribution in [0.1, 0.15) is 37.3 Å². The lowest BCUT2D eigenvalue weighted by molar-refractivity contribution is 0.207. The molecule has 5 nitrogen and oxygen atoms in total. The Morgan fingerprint density at radius 2 is 1.85 bits per heavy atom. The van der Waals surface area contributed by atoms with Crippen molar-refractivity contribution in [3.05, 3.63) is 54.1 Å². The first-order chi connectivity index (χ1) is 13.3. The monoisotopic (exact) mass is 365 g/mol. The summed E-state index contributed by atoms with van der Waals surface area (Å²) in [5.41, 5.74) is 3.16. The molecule has 142 valence electrons. The van der Waals surface area contributed by atoms with Crippen LogP contribution in [-0.4, -0.2) is 37.7 Å². The van der Waals surface area contributed by atoms with Crippen molar-refractivity contribution >= 4 is 17.4 Å². The van der Waals surface area contributed by atoms with Crippen LogP contribution < -0.4 is 15.0 Å². The van der Waals surface area contributed by atoms with Gasteiger partial charge in [-0.3, -0.25) is 0 Å². The zero-order valence-corrected chi connectivity index (χ0v) is 15.9. The van der Waals surface area contributed by atoms with Crippen molar-refractivity contribution in [2.45, 2.75) is 31.7 Å². The van der Waals surface area contributed by atoms with Gasteiger partial charge in [0.05, 0.1) is 24.5 Å². The number of nitrogens with zero attached hydrogens (tertiary/aromatic N) is 2. The molecule has 1 N–H and O–H groups in total. The summed E-state index contributed by atoms with van der Waals surface area (Å²) in [4.78, 5) is 17.4. The predicted octanol–water partition coefficient (Wildman–Crippen LogP) is 4.66. The van der Waals surface area contributed by atoms with Gasteiger partial charge in [0, 0.05) is 19.6 Å². The molecular weight excluding hydrogens is 338 g/mol. The van der Waals surface area contributed by atoms with Crippen molar-refractivity contribution in [1.29, 1.82) is 0 Å². The lowest BCUT2D eigenvalue weighted by atomic mass is 10.0. The third-order valence-corrected chi connectivity index (χ3v) is 5.58. The number of likely N-dealkylation sites (tertiary alicyclic amines) is 1. The quantitative estimate of drug-likeness (QED) is 0.857. The third kappa shape index (κ3) is 3.72. The SMILES string of the molecule is COc1cccc(C2CCCN2C(=O)Nc2ccccc2N2CCCC2)c1. The summed E-state index contributed by atoms with van der Waals surface area (Å²) in [7, 11) is 1.67. The highest BCUT2D eigenvalue weighted by molar-refractivity contribution is 5.93. The number of hydrogen-bond acceptors (Lipinski definition) is 3. The molecule has 0 saturated carbocycles. The van der Waals surface area contributed by atoms with E-state index in [4.69, 9.17) is 4.74 Å². The molecule has 2 heterocycles. The number of hydrogen-bond donors (Lipinski definition) is 1. The van der Waals surface area contributed by atoms with E-state index in [9.17, 15) is 4.79 Å². The highest BCUT2D eigenvalue weighted by Crippen LogP contribution is 2.35. The van der Waals surface area contributed by atoms with Crippen molar-refractivity contribution < 1.29 is 9.53 Å². The number of urea groups is 1. The van der Waals surface area contributed by atoms with Crippen molar-refractivity contribution in [2.75, 3.05) is 37.0 Å². The summed E-state index contributed by atoms with van der Waals surface area (Å²) in [6.45, 7) is 2.89. The van der Waals surface area contributed by atoms with Crippen LogP contribution in [0.5, 0.6) is 5.75 Å². The van der Waals surface area contributed by atoms with Gasteiger partial charge in [0.15, 0.2) is 0 Å². The van der Waals surface area contributed by atoms with E-state index in [1.807, 2.05) is 41.3 Å². The Morgan fingerprint density at radius 3 is 2.67 bits per heavy atom. The summed E-state index contributed by atoms with van der Waals surface area (Å²) < 4.78 is 5.35. The van der Waals surface area contributed by atoms with Gasteiger partial charge >= 0.3 is 6.03 Å². The molecule has 2 amide bonds. The minimum absolute atomic E-state index is 0.0213. The molecule has 0 aromatic heterocycles. The number of carbonyl (C=O) groups excluding carboxylic acids is 1. The fraction of sp³-hybridized carbons (Fsp3) is 0.409. The lowest BCUT2D eigenvalue weighted by Gasteiger charge is -2.27. The molecule has 4 rings (SSSR count). The number of nitrogens with one attached hydrogen (secondary N) is 1. The maximum absolute atomic E-state index is 13.1. The first kappa shape index (κ1) is 17.7. The molecule has 2 saturated heterocycles. The standard InChI is InChI=1S/C22H27N3O2/c1-27-18-9-6-8-17(16-18)20-12-7-15-25(20)22(26)23-19-10-2-3-11-21(19)24-13-4-5-14-24/h2-3,6,8-11,16,20H,4-5,7,12-15H2,1H3,(H,23,26). The number of benzene rings is 2. The van der Waals surface area contributed by atoms with Crippen molar-refractivity contribution in [3.8, 4) is 5.75 Å². The van der Waals surface area contributed by atoms with Crippen LogP contribution >= 0.6 is 0 Å². The Kier molecular flexibility index (Phi) is 5.19. The maximum atomic E-state index is 13.1. The molecule has 1 unspecified atom stereocenters. The Morgan fingerprint density at radius 1 is 1.04 bits per heavy atom. The molecule has 2 fully saturated rings. The summed E-state index contributed by atoms with van der Waals surface area (Å²) in [6.07, 6.45) is 4.43. The van der Waals surface area contributed by atoms with E-state index < -0.39 is 0 Å². The van der Waals surface area contributed by atoms with Gasteiger partial charge in [-0.25, -0.2) is 4.79 Å². The molecule has 2 aromatic carbocycles. The lowest BCUT2D eigenvalue weighted by Crippen LogP contribution is -2.35. The molecule has 0 radical (unpaired) electrons. The number of carbonyl (C=O) groups is 1. The Bertz CT molecular complexity index is 802. The summed E-state index contributed by atoms with van der Waals surface area (Å²) >= 11 is 0. The fourth-order valence-corrected chi connectivity index (χ4v) is 4.21. The van der Waals surface area contributed by atoms with E-state index in [1.54, 1.807) is 7.11 Å². The van der Waals surface area contributed by atoms with Gasteiger partial charge in [-0.05, 0) is 55.5 Å². The fourth-order valence-electron chi connectivity index (χ4n) is 4.21. The van der Waals surface area contributed by atoms with Crippen molar-refractivity contribution in [2.24, 2.45) is 0 Å². The molecule has 1 atom stereocenters. The zero-order valence-electron chi connectivity index (χ0n) is 15.9. The predicted molar refractivity (Wildman–Crippen MR) is 109 cm³/mol. The summed E-state index contributed by atoms with van der Waals surface area (Å²) in [5.74, 6) is 0.833.